The van der Waals surface area contributed by atoms with E-state index in [-0.39, 0.29) is 12.7 Å². The van der Waals surface area contributed by atoms with Gasteiger partial charge in [0.1, 0.15) is 18.8 Å². The Kier molecular flexibility index (Phi) is 3.51. The SMILES string of the molecule is CO[C@]12COC(C)(C)O[C@H]1[C@H](O)[C@@H](CI)O2. The number of aliphatic hydroxyl groups excluding tert-OH is 1. The molecule has 1 N–H and O–H groups in total. The second kappa shape index (κ2) is 4.33. The van der Waals surface area contributed by atoms with Crippen LogP contribution in [0.1, 0.15) is 13.8 Å². The molecule has 4 atom stereocenters. The number of hydrogen-bond acceptors (Lipinski definition) is 5. The van der Waals surface area contributed by atoms with Gasteiger partial charge in [-0.2, -0.15) is 0 Å². The van der Waals surface area contributed by atoms with Crippen LogP contribution in [0.2, 0.25) is 0 Å². The molecule has 0 saturated carbocycles. The van der Waals surface area contributed by atoms with Gasteiger partial charge in [-0.05, 0) is 13.8 Å². The second-order valence-corrected chi connectivity index (χ2v) is 5.42. The van der Waals surface area contributed by atoms with Gasteiger partial charge in [-0.15, -0.1) is 0 Å². The summed E-state index contributed by atoms with van der Waals surface area (Å²) in [5.41, 5.74) is 0. The van der Waals surface area contributed by atoms with Gasteiger partial charge in [0.2, 0.25) is 5.79 Å². The zero-order chi connectivity index (χ0) is 12.0. The number of alkyl halides is 1. The number of rotatable bonds is 2. The van der Waals surface area contributed by atoms with E-state index in [1.165, 1.54) is 0 Å². The summed E-state index contributed by atoms with van der Waals surface area (Å²) in [6.07, 6.45) is -1.45. The van der Waals surface area contributed by atoms with Crippen LogP contribution in [0.5, 0.6) is 0 Å². The quantitative estimate of drug-likeness (QED) is 0.590. The molecule has 0 aromatic rings. The van der Waals surface area contributed by atoms with Crippen molar-refractivity contribution in [2.24, 2.45) is 0 Å². The minimum absolute atomic E-state index is 0.269. The summed E-state index contributed by atoms with van der Waals surface area (Å²) in [5.74, 6) is -1.68. The van der Waals surface area contributed by atoms with E-state index in [2.05, 4.69) is 22.6 Å². The molecule has 94 valence electrons. The average Bonchev–Trinajstić information content (AvgIpc) is 2.52. The van der Waals surface area contributed by atoms with E-state index in [0.717, 1.165) is 0 Å². The summed E-state index contributed by atoms with van der Waals surface area (Å²) < 4.78 is 23.0. The summed E-state index contributed by atoms with van der Waals surface area (Å²) in [5, 5.41) is 10.1. The van der Waals surface area contributed by atoms with Crippen molar-refractivity contribution in [2.75, 3.05) is 18.1 Å². The Morgan fingerprint density at radius 1 is 1.44 bits per heavy atom. The molecule has 0 aromatic heterocycles. The molecule has 0 aromatic carbocycles. The summed E-state index contributed by atoms with van der Waals surface area (Å²) in [6, 6.07) is 0. The molecule has 2 aliphatic rings. The maximum atomic E-state index is 10.1. The fourth-order valence-electron chi connectivity index (χ4n) is 2.08. The van der Waals surface area contributed by atoms with Gasteiger partial charge in [-0.3, -0.25) is 0 Å². The lowest BCUT2D eigenvalue weighted by molar-refractivity contribution is -0.384. The molecule has 2 aliphatic heterocycles. The van der Waals surface area contributed by atoms with E-state index in [0.29, 0.717) is 4.43 Å². The lowest BCUT2D eigenvalue weighted by Gasteiger charge is -2.44. The van der Waals surface area contributed by atoms with Crippen molar-refractivity contribution >= 4 is 22.6 Å². The molecule has 0 radical (unpaired) electrons. The van der Waals surface area contributed by atoms with Gasteiger partial charge in [0.05, 0.1) is 6.10 Å². The van der Waals surface area contributed by atoms with Crippen molar-refractivity contribution in [1.29, 1.82) is 0 Å². The summed E-state index contributed by atoms with van der Waals surface area (Å²) >= 11 is 2.17. The Bertz CT molecular complexity index is 272. The lowest BCUT2D eigenvalue weighted by atomic mass is 10.0. The Balaban J connectivity index is 2.23. The van der Waals surface area contributed by atoms with Gasteiger partial charge in [0.25, 0.3) is 0 Å². The first kappa shape index (κ1) is 13.0. The Labute approximate surface area is 109 Å². The van der Waals surface area contributed by atoms with Crippen molar-refractivity contribution < 1.29 is 24.1 Å². The van der Waals surface area contributed by atoms with Gasteiger partial charge in [-0.1, -0.05) is 22.6 Å². The van der Waals surface area contributed by atoms with Crippen molar-refractivity contribution in [3.63, 3.8) is 0 Å². The Morgan fingerprint density at radius 2 is 2.12 bits per heavy atom. The zero-order valence-corrected chi connectivity index (χ0v) is 11.8. The van der Waals surface area contributed by atoms with Crippen LogP contribution in [-0.4, -0.2) is 53.1 Å². The third-order valence-electron chi connectivity index (χ3n) is 3.00. The highest BCUT2D eigenvalue weighted by atomic mass is 127. The van der Waals surface area contributed by atoms with Crippen LogP contribution in [0.4, 0.5) is 0 Å². The predicted molar refractivity (Wildman–Crippen MR) is 64.4 cm³/mol. The van der Waals surface area contributed by atoms with Crippen molar-refractivity contribution in [1.82, 2.24) is 0 Å². The molecule has 6 heteroatoms. The van der Waals surface area contributed by atoms with Crippen LogP contribution in [0.15, 0.2) is 0 Å². The van der Waals surface area contributed by atoms with E-state index >= 15 is 0 Å². The Hall–Kier alpha value is 0.530. The van der Waals surface area contributed by atoms with E-state index in [4.69, 9.17) is 18.9 Å². The first-order valence-corrected chi connectivity index (χ1v) is 6.75. The van der Waals surface area contributed by atoms with Crippen LogP contribution in [-0.2, 0) is 18.9 Å². The number of fused-ring (bicyclic) bond motifs is 1. The van der Waals surface area contributed by atoms with Crippen LogP contribution in [0, 0.1) is 0 Å². The number of methoxy groups -OCH3 is 1. The molecule has 2 heterocycles. The molecule has 0 aliphatic carbocycles. The number of halogens is 1. The first-order valence-electron chi connectivity index (χ1n) is 5.23. The Morgan fingerprint density at radius 3 is 2.69 bits per heavy atom. The molecule has 5 nitrogen and oxygen atoms in total. The highest BCUT2D eigenvalue weighted by Gasteiger charge is 2.60. The average molecular weight is 344 g/mol. The van der Waals surface area contributed by atoms with E-state index < -0.39 is 23.8 Å². The van der Waals surface area contributed by atoms with E-state index in [1.807, 2.05) is 13.8 Å². The molecular weight excluding hydrogens is 327 g/mol. The molecule has 0 spiro atoms. The highest BCUT2D eigenvalue weighted by molar-refractivity contribution is 14.1. The van der Waals surface area contributed by atoms with Crippen molar-refractivity contribution in [3.05, 3.63) is 0 Å². The van der Waals surface area contributed by atoms with E-state index in [9.17, 15) is 5.11 Å². The van der Waals surface area contributed by atoms with Gasteiger partial charge >= 0.3 is 0 Å². The topological polar surface area (TPSA) is 57.2 Å². The monoisotopic (exact) mass is 344 g/mol. The number of ether oxygens (including phenoxy) is 4. The molecule has 16 heavy (non-hydrogen) atoms. The van der Waals surface area contributed by atoms with E-state index in [1.54, 1.807) is 7.11 Å². The maximum absolute atomic E-state index is 10.1. The maximum Gasteiger partial charge on any atom is 0.222 e. The molecule has 0 amide bonds. The van der Waals surface area contributed by atoms with Gasteiger partial charge in [0.15, 0.2) is 5.79 Å². The van der Waals surface area contributed by atoms with Crippen LogP contribution < -0.4 is 0 Å². The van der Waals surface area contributed by atoms with Crippen molar-refractivity contribution in [2.45, 2.75) is 43.7 Å². The molecule has 0 unspecified atom stereocenters. The van der Waals surface area contributed by atoms with Crippen molar-refractivity contribution in [3.8, 4) is 0 Å². The molecular formula is C10H17IO5. The second-order valence-electron chi connectivity index (χ2n) is 4.54. The standard InChI is InChI=1S/C10H17IO5/c1-9(2)14-5-10(13-3)8(16-9)7(12)6(4-11)15-10/h6-8,12H,4-5H2,1-3H3/t6-,7-,8+,10+/m1/s1. The number of hydrogen-bond donors (Lipinski definition) is 1. The number of aliphatic hydroxyl groups is 1. The van der Waals surface area contributed by atoms with Crippen LogP contribution in [0.25, 0.3) is 0 Å². The molecule has 0 bridgehead atoms. The third-order valence-corrected chi connectivity index (χ3v) is 3.87. The largest absolute Gasteiger partial charge is 0.387 e. The fraction of sp³-hybridized carbons (Fsp3) is 1.00. The third kappa shape index (κ3) is 1.99. The van der Waals surface area contributed by atoms with Crippen LogP contribution >= 0.6 is 22.6 Å². The summed E-state index contributed by atoms with van der Waals surface area (Å²) in [4.78, 5) is 0. The molecule has 2 saturated heterocycles. The molecule has 2 fully saturated rings. The highest BCUT2D eigenvalue weighted by Crippen LogP contribution is 2.41. The first-order chi connectivity index (χ1) is 7.44. The fourth-order valence-corrected chi connectivity index (χ4v) is 2.78. The minimum atomic E-state index is -0.967. The summed E-state index contributed by atoms with van der Waals surface area (Å²) in [6.45, 7) is 3.90. The smallest absolute Gasteiger partial charge is 0.222 e. The lowest BCUT2D eigenvalue weighted by Crippen LogP contribution is -2.59. The van der Waals surface area contributed by atoms with Gasteiger partial charge in [0, 0.05) is 11.5 Å². The minimum Gasteiger partial charge on any atom is -0.387 e. The van der Waals surface area contributed by atoms with Gasteiger partial charge < -0.3 is 24.1 Å². The zero-order valence-electron chi connectivity index (χ0n) is 9.60. The normalized spacial score (nSPS) is 46.7. The molecule has 2 rings (SSSR count). The predicted octanol–water partition coefficient (Wildman–Crippen LogP) is 0.675. The summed E-state index contributed by atoms with van der Waals surface area (Å²) in [7, 11) is 1.54. The van der Waals surface area contributed by atoms with Gasteiger partial charge in [-0.25, -0.2) is 0 Å². The van der Waals surface area contributed by atoms with Crippen LogP contribution in [0.3, 0.4) is 0 Å².